The van der Waals surface area contributed by atoms with Gasteiger partial charge in [0, 0.05) is 11.6 Å². The van der Waals surface area contributed by atoms with E-state index in [1.807, 2.05) is 0 Å². The van der Waals surface area contributed by atoms with Crippen LogP contribution in [-0.2, 0) is 4.79 Å². The number of ketones is 1. The van der Waals surface area contributed by atoms with Crippen LogP contribution in [0, 0.1) is 0 Å². The van der Waals surface area contributed by atoms with Crippen molar-refractivity contribution in [3.05, 3.63) is 36.0 Å². The fourth-order valence-corrected chi connectivity index (χ4v) is 2.21. The highest BCUT2D eigenvalue weighted by Gasteiger charge is 2.45. The molecular formula is C13H8F2N2O4. The van der Waals surface area contributed by atoms with Crippen molar-refractivity contribution < 1.29 is 28.3 Å². The summed E-state index contributed by atoms with van der Waals surface area (Å²) in [5.41, 5.74) is 0.395. The Hall–Kier alpha value is -2.61. The van der Waals surface area contributed by atoms with Crippen LogP contribution in [-0.4, -0.2) is 39.5 Å². The number of aliphatic carboxylic acids is 1. The van der Waals surface area contributed by atoms with E-state index in [4.69, 9.17) is 9.94 Å². The number of hydrogen-bond donors (Lipinski definition) is 1. The Morgan fingerprint density at radius 3 is 2.81 bits per heavy atom. The maximum atomic E-state index is 13.0. The van der Waals surface area contributed by atoms with Crippen molar-refractivity contribution in [2.75, 3.05) is 0 Å². The van der Waals surface area contributed by atoms with Gasteiger partial charge >= 0.3 is 12.5 Å². The molecule has 0 amide bonds. The summed E-state index contributed by atoms with van der Waals surface area (Å²) < 4.78 is 25.9. The smallest absolute Gasteiger partial charge is 0.332 e. The minimum absolute atomic E-state index is 0.0557. The highest BCUT2D eigenvalue weighted by atomic mass is 19.3. The minimum Gasteiger partial charge on any atom is -0.480 e. The monoisotopic (exact) mass is 294 g/mol. The van der Waals surface area contributed by atoms with Gasteiger partial charge in [0.05, 0.1) is 11.1 Å². The number of hydroxylamine groups is 2. The van der Waals surface area contributed by atoms with E-state index in [0.717, 1.165) is 0 Å². The quantitative estimate of drug-likeness (QED) is 0.671. The van der Waals surface area contributed by atoms with Gasteiger partial charge in [0.25, 0.3) is 0 Å². The van der Waals surface area contributed by atoms with Gasteiger partial charge in [-0.2, -0.15) is 8.78 Å². The summed E-state index contributed by atoms with van der Waals surface area (Å²) in [5.74, 6) is -2.75. The molecule has 0 saturated carbocycles. The number of benzene rings is 1. The van der Waals surface area contributed by atoms with Crippen molar-refractivity contribution in [2.24, 2.45) is 0 Å². The van der Waals surface area contributed by atoms with E-state index < -0.39 is 24.3 Å². The van der Waals surface area contributed by atoms with Crippen LogP contribution in [0.5, 0.6) is 5.75 Å². The van der Waals surface area contributed by atoms with E-state index in [0.29, 0.717) is 10.9 Å². The Bertz CT molecular complexity index is 750. The number of halogens is 2. The van der Waals surface area contributed by atoms with Crippen LogP contribution in [0.2, 0.25) is 0 Å². The number of pyridine rings is 1. The van der Waals surface area contributed by atoms with Crippen LogP contribution in [0.3, 0.4) is 0 Å². The van der Waals surface area contributed by atoms with Crippen molar-refractivity contribution in [3.63, 3.8) is 0 Å². The minimum atomic E-state index is -3.25. The van der Waals surface area contributed by atoms with Gasteiger partial charge in [0.15, 0.2) is 11.5 Å². The van der Waals surface area contributed by atoms with E-state index >= 15 is 0 Å². The van der Waals surface area contributed by atoms with Crippen LogP contribution < -0.4 is 4.84 Å². The molecule has 1 aromatic carbocycles. The first kappa shape index (κ1) is 13.4. The molecule has 0 saturated heterocycles. The third-order valence-electron chi connectivity index (χ3n) is 3.13. The molecule has 6 nitrogen and oxygen atoms in total. The number of alkyl halides is 2. The van der Waals surface area contributed by atoms with Gasteiger partial charge in [-0.1, -0.05) is 5.06 Å². The van der Waals surface area contributed by atoms with Gasteiger partial charge in [-0.15, -0.1) is 0 Å². The summed E-state index contributed by atoms with van der Waals surface area (Å²) in [6.45, 7) is -3.25. The molecule has 0 aliphatic carbocycles. The zero-order valence-electron chi connectivity index (χ0n) is 10.4. The zero-order valence-corrected chi connectivity index (χ0v) is 10.4. The van der Waals surface area contributed by atoms with Gasteiger partial charge in [-0.25, -0.2) is 4.79 Å². The molecule has 21 heavy (non-hydrogen) atoms. The third-order valence-corrected chi connectivity index (χ3v) is 3.13. The first-order chi connectivity index (χ1) is 10.0. The number of hydrogen-bond acceptors (Lipinski definition) is 5. The molecule has 3 rings (SSSR count). The molecule has 0 fully saturated rings. The van der Waals surface area contributed by atoms with E-state index in [-0.39, 0.29) is 16.4 Å². The average Bonchev–Trinajstić information content (AvgIpc) is 2.46. The number of fused-ring (bicyclic) bond motifs is 3. The van der Waals surface area contributed by atoms with E-state index in [2.05, 4.69) is 4.98 Å². The summed E-state index contributed by atoms with van der Waals surface area (Å²) >= 11 is 0. The average molecular weight is 294 g/mol. The SMILES string of the molecule is O=C(O)C1C(=O)c2ccc3ncccc3c2ON1C(F)F. The van der Waals surface area contributed by atoms with Crippen molar-refractivity contribution >= 4 is 22.7 Å². The Kier molecular flexibility index (Phi) is 3.02. The lowest BCUT2D eigenvalue weighted by Gasteiger charge is -2.31. The molecule has 0 spiro atoms. The van der Waals surface area contributed by atoms with Crippen molar-refractivity contribution in [1.29, 1.82) is 0 Å². The Balaban J connectivity index is 2.23. The third kappa shape index (κ3) is 2.00. The van der Waals surface area contributed by atoms with Gasteiger partial charge in [0.1, 0.15) is 0 Å². The first-order valence-electron chi connectivity index (χ1n) is 5.90. The first-order valence-corrected chi connectivity index (χ1v) is 5.90. The molecule has 8 heteroatoms. The largest absolute Gasteiger partial charge is 0.480 e. The van der Waals surface area contributed by atoms with Crippen LogP contribution in [0.4, 0.5) is 8.78 Å². The number of nitrogens with zero attached hydrogens (tertiary/aromatic N) is 2. The maximum Gasteiger partial charge on any atom is 0.332 e. The molecule has 1 aliphatic heterocycles. The van der Waals surface area contributed by atoms with Crippen LogP contribution >= 0.6 is 0 Å². The predicted octanol–water partition coefficient (Wildman–Crippen LogP) is 1.70. The normalized spacial score (nSPS) is 18.6. The predicted molar refractivity (Wildman–Crippen MR) is 66.0 cm³/mol. The summed E-state index contributed by atoms with van der Waals surface area (Å²) in [6, 6.07) is 3.87. The lowest BCUT2D eigenvalue weighted by atomic mass is 9.99. The Morgan fingerprint density at radius 2 is 2.14 bits per heavy atom. The Labute approximate surface area is 116 Å². The molecule has 1 atom stereocenters. The van der Waals surface area contributed by atoms with Gasteiger partial charge in [-0.05, 0) is 24.3 Å². The second kappa shape index (κ2) is 4.74. The number of rotatable bonds is 2. The molecule has 0 bridgehead atoms. The standard InChI is InChI=1S/C13H8F2N2O4/c14-13(15)17-9(12(19)20)10(18)7-3-4-8-6(11(7)21-17)2-1-5-16-8/h1-5,9,13H,(H,19,20). The number of carboxylic acid groups (broad SMARTS) is 1. The fraction of sp³-hybridized carbons (Fsp3) is 0.154. The summed E-state index contributed by atoms with van der Waals surface area (Å²) in [5, 5.41) is 9.23. The molecule has 1 aliphatic rings. The lowest BCUT2D eigenvalue weighted by molar-refractivity contribution is -0.216. The van der Waals surface area contributed by atoms with Gasteiger partial charge < -0.3 is 9.94 Å². The van der Waals surface area contributed by atoms with Crippen molar-refractivity contribution in [2.45, 2.75) is 12.6 Å². The van der Waals surface area contributed by atoms with Crippen LogP contribution in [0.1, 0.15) is 10.4 Å². The number of Topliss-reactive ketones (excluding diaryl/α,β-unsaturated/α-hetero) is 1. The van der Waals surface area contributed by atoms with Crippen LogP contribution in [0.15, 0.2) is 30.5 Å². The topological polar surface area (TPSA) is 79.7 Å². The zero-order chi connectivity index (χ0) is 15.1. The van der Waals surface area contributed by atoms with E-state index in [9.17, 15) is 18.4 Å². The Morgan fingerprint density at radius 1 is 1.38 bits per heavy atom. The second-order valence-corrected chi connectivity index (χ2v) is 4.35. The molecule has 2 heterocycles. The number of aromatic nitrogens is 1. The number of carbonyl (C=O) groups is 2. The molecule has 108 valence electrons. The summed E-state index contributed by atoms with van der Waals surface area (Å²) in [6.07, 6.45) is 1.50. The summed E-state index contributed by atoms with van der Waals surface area (Å²) in [4.78, 5) is 32.2. The molecule has 0 radical (unpaired) electrons. The van der Waals surface area contributed by atoms with Crippen molar-refractivity contribution in [3.8, 4) is 5.75 Å². The molecule has 1 aromatic heterocycles. The highest BCUT2D eigenvalue weighted by Crippen LogP contribution is 2.35. The summed E-state index contributed by atoms with van der Waals surface area (Å²) in [7, 11) is 0. The molecule has 2 aromatic rings. The van der Waals surface area contributed by atoms with E-state index in [1.54, 1.807) is 12.1 Å². The molecule has 1 unspecified atom stereocenters. The van der Waals surface area contributed by atoms with Gasteiger partial charge in [-0.3, -0.25) is 9.78 Å². The van der Waals surface area contributed by atoms with E-state index in [1.165, 1.54) is 18.3 Å². The maximum absolute atomic E-state index is 13.0. The number of carbonyl (C=O) groups excluding carboxylic acids is 1. The highest BCUT2D eigenvalue weighted by molar-refractivity contribution is 6.15. The molecular weight excluding hydrogens is 286 g/mol. The second-order valence-electron chi connectivity index (χ2n) is 4.35. The van der Waals surface area contributed by atoms with Crippen LogP contribution in [0.25, 0.3) is 10.9 Å². The number of carboxylic acids is 1. The van der Waals surface area contributed by atoms with Gasteiger partial charge in [0.2, 0.25) is 6.04 Å². The van der Waals surface area contributed by atoms with Crippen molar-refractivity contribution in [1.82, 2.24) is 10.0 Å². The fourth-order valence-electron chi connectivity index (χ4n) is 2.21. The lowest BCUT2D eigenvalue weighted by Crippen LogP contribution is -2.53. The molecule has 1 N–H and O–H groups in total.